The second-order valence-corrected chi connectivity index (χ2v) is 14.5. The van der Waals surface area contributed by atoms with E-state index in [2.05, 4.69) is 0 Å². The zero-order valence-electron chi connectivity index (χ0n) is 34.6. The van der Waals surface area contributed by atoms with Crippen molar-refractivity contribution >= 4 is 41.2 Å². The van der Waals surface area contributed by atoms with Crippen LogP contribution in [-0.4, -0.2) is 71.9 Å². The number of nitrogens with zero attached hydrogens (tertiary/aromatic N) is 1. The molecule has 0 radical (unpaired) electrons. The van der Waals surface area contributed by atoms with Gasteiger partial charge in [-0.05, 0) is 97.2 Å². The first-order valence-corrected chi connectivity index (χ1v) is 19.6. The second-order valence-electron chi connectivity index (χ2n) is 14.5. The third-order valence-electron chi connectivity index (χ3n) is 10.9. The number of amides is 1. The lowest BCUT2D eigenvalue weighted by Crippen LogP contribution is -2.66. The number of esters is 2. The molecular formula is C49H45NO10. The molecule has 0 spiro atoms. The standard InChI is InChI=1S/C49H45NO10/c1-8-59-46(55)49(47(56)60-9-2)26-40-41(27-50(49)48(57)58-7)43(37-20-12-33(13-21-37)29(4)52)45(39-24-16-35(17-25-39)31(6)54)44(38-22-14-34(15-23-38)30(5)53)42(40)36-18-10-32(11-19-36)28(3)51/h10-25H,8-9,26-27H2,1-7H3. The fourth-order valence-electron chi connectivity index (χ4n) is 7.85. The Hall–Kier alpha value is -7.01. The number of hydrogen-bond acceptors (Lipinski definition) is 10. The van der Waals surface area contributed by atoms with Gasteiger partial charge >= 0.3 is 18.0 Å². The van der Waals surface area contributed by atoms with E-state index in [1.165, 1.54) is 27.7 Å². The Bertz CT molecular complexity index is 2520. The van der Waals surface area contributed by atoms with Crippen LogP contribution in [0, 0.1) is 0 Å². The van der Waals surface area contributed by atoms with E-state index in [1.807, 2.05) is 24.3 Å². The van der Waals surface area contributed by atoms with Crippen LogP contribution in [0.3, 0.4) is 0 Å². The molecule has 0 aromatic heterocycles. The number of ketones is 4. The van der Waals surface area contributed by atoms with Crippen molar-refractivity contribution in [3.8, 4) is 44.5 Å². The molecule has 11 heteroatoms. The summed E-state index contributed by atoms with van der Waals surface area (Å²) in [5.41, 5.74) is 5.51. The minimum Gasteiger partial charge on any atom is -0.464 e. The molecule has 0 saturated carbocycles. The van der Waals surface area contributed by atoms with Gasteiger partial charge in [0.05, 0.1) is 26.9 Å². The predicted octanol–water partition coefficient (Wildman–Crippen LogP) is 9.15. The molecular weight excluding hydrogens is 763 g/mol. The molecule has 0 bridgehead atoms. The molecule has 0 saturated heterocycles. The first-order chi connectivity index (χ1) is 28.7. The SMILES string of the molecule is CCOC(=O)C1(C(=O)OCC)Cc2c(c(-c3ccc(C(C)=O)cc3)c(-c3ccc(C(C)=O)cc3)c(-c3ccc(C(C)=O)cc3)c2-c2ccc(C(C)=O)cc2)CN1C(=O)OC. The fraction of sp³-hybridized carbons (Fsp3) is 0.245. The monoisotopic (exact) mass is 807 g/mol. The average molecular weight is 808 g/mol. The summed E-state index contributed by atoms with van der Waals surface area (Å²) in [4.78, 5) is 94.1. The lowest BCUT2D eigenvalue weighted by atomic mass is 9.71. The molecule has 1 aliphatic rings. The molecule has 11 nitrogen and oxygen atoms in total. The van der Waals surface area contributed by atoms with Crippen molar-refractivity contribution < 1.29 is 47.8 Å². The molecule has 0 unspecified atom stereocenters. The minimum atomic E-state index is -2.35. The van der Waals surface area contributed by atoms with Crippen LogP contribution in [0.2, 0.25) is 0 Å². The van der Waals surface area contributed by atoms with Gasteiger partial charge in [-0.1, -0.05) is 97.1 Å². The molecule has 0 atom stereocenters. The molecule has 5 aromatic rings. The molecule has 1 heterocycles. The Kier molecular flexibility index (Phi) is 12.4. The summed E-state index contributed by atoms with van der Waals surface area (Å²) in [5, 5.41) is 0. The van der Waals surface area contributed by atoms with Crippen LogP contribution in [0.15, 0.2) is 97.1 Å². The van der Waals surface area contributed by atoms with Crippen molar-refractivity contribution in [3.05, 3.63) is 130 Å². The molecule has 5 aromatic carbocycles. The number of Topliss-reactive ketones (excluding diaryl/α,β-unsaturated/α-hetero) is 4. The van der Waals surface area contributed by atoms with E-state index in [9.17, 15) is 33.6 Å². The lowest BCUT2D eigenvalue weighted by Gasteiger charge is -2.44. The first kappa shape index (κ1) is 42.6. The van der Waals surface area contributed by atoms with Crippen molar-refractivity contribution in [2.24, 2.45) is 0 Å². The van der Waals surface area contributed by atoms with E-state index in [-0.39, 0.29) is 42.9 Å². The Labute approximate surface area is 348 Å². The number of rotatable bonds is 12. The van der Waals surface area contributed by atoms with Gasteiger partial charge in [-0.15, -0.1) is 0 Å². The van der Waals surface area contributed by atoms with Gasteiger partial charge in [0, 0.05) is 28.7 Å². The highest BCUT2D eigenvalue weighted by molar-refractivity contribution is 6.11. The normalized spacial score (nSPS) is 12.8. The van der Waals surface area contributed by atoms with Gasteiger partial charge in [0.1, 0.15) is 0 Å². The van der Waals surface area contributed by atoms with E-state index < -0.39 is 30.0 Å². The highest BCUT2D eigenvalue weighted by Gasteiger charge is 2.59. The zero-order chi connectivity index (χ0) is 43.5. The summed E-state index contributed by atoms with van der Waals surface area (Å²) in [7, 11) is 1.15. The minimum absolute atomic E-state index is 0.113. The first-order valence-electron chi connectivity index (χ1n) is 19.6. The van der Waals surface area contributed by atoms with Gasteiger partial charge < -0.3 is 14.2 Å². The van der Waals surface area contributed by atoms with Crippen LogP contribution in [0.5, 0.6) is 0 Å². The Morgan fingerprint density at radius 3 is 1.07 bits per heavy atom. The quantitative estimate of drug-likeness (QED) is 0.0517. The third kappa shape index (κ3) is 7.78. The smallest absolute Gasteiger partial charge is 0.411 e. The van der Waals surface area contributed by atoms with Gasteiger partial charge in [0.15, 0.2) is 23.1 Å². The van der Waals surface area contributed by atoms with Gasteiger partial charge in [0.25, 0.3) is 0 Å². The average Bonchev–Trinajstić information content (AvgIpc) is 3.25. The topological polar surface area (TPSA) is 150 Å². The molecule has 0 fully saturated rings. The number of fused-ring (bicyclic) bond motifs is 1. The molecule has 60 heavy (non-hydrogen) atoms. The van der Waals surface area contributed by atoms with E-state index >= 15 is 0 Å². The number of methoxy groups -OCH3 is 1. The number of carbonyl (C=O) groups excluding carboxylic acids is 7. The number of hydrogen-bond donors (Lipinski definition) is 0. The molecule has 306 valence electrons. The summed E-state index contributed by atoms with van der Waals surface area (Å²) < 4.78 is 16.4. The Morgan fingerprint density at radius 2 is 0.783 bits per heavy atom. The van der Waals surface area contributed by atoms with Crippen LogP contribution in [0.1, 0.15) is 94.1 Å². The maximum Gasteiger partial charge on any atom is 0.411 e. The Balaban J connectivity index is 1.91. The number of ether oxygens (including phenoxy) is 3. The van der Waals surface area contributed by atoms with Gasteiger partial charge in [-0.2, -0.15) is 0 Å². The molecule has 0 N–H and O–H groups in total. The zero-order valence-corrected chi connectivity index (χ0v) is 34.6. The van der Waals surface area contributed by atoms with Gasteiger partial charge in [0.2, 0.25) is 5.54 Å². The summed E-state index contributed by atoms with van der Waals surface area (Å²) >= 11 is 0. The highest BCUT2D eigenvalue weighted by Crippen LogP contribution is 2.53. The third-order valence-corrected chi connectivity index (χ3v) is 10.9. The fourth-order valence-corrected chi connectivity index (χ4v) is 7.85. The molecule has 1 amide bonds. The maximum atomic E-state index is 14.4. The molecule has 0 aliphatic carbocycles. The van der Waals surface area contributed by atoms with Crippen LogP contribution < -0.4 is 0 Å². The molecule has 1 aliphatic heterocycles. The van der Waals surface area contributed by atoms with Crippen molar-refractivity contribution in [1.82, 2.24) is 4.90 Å². The molecule has 6 rings (SSSR count). The van der Waals surface area contributed by atoms with E-state index in [0.717, 1.165) is 12.0 Å². The lowest BCUT2D eigenvalue weighted by molar-refractivity contribution is -0.175. The number of carbonyl (C=O) groups is 7. The van der Waals surface area contributed by atoms with Crippen LogP contribution in [-0.2, 0) is 36.8 Å². The largest absolute Gasteiger partial charge is 0.464 e. The predicted molar refractivity (Wildman–Crippen MR) is 226 cm³/mol. The van der Waals surface area contributed by atoms with Crippen LogP contribution in [0.25, 0.3) is 44.5 Å². The van der Waals surface area contributed by atoms with Crippen molar-refractivity contribution in [3.63, 3.8) is 0 Å². The summed E-state index contributed by atoms with van der Waals surface area (Å²) in [6, 6.07) is 28.1. The summed E-state index contributed by atoms with van der Waals surface area (Å²) in [6.45, 7) is 8.48. The maximum absolute atomic E-state index is 14.4. The van der Waals surface area contributed by atoms with E-state index in [4.69, 9.17) is 14.2 Å². The summed E-state index contributed by atoms with van der Waals surface area (Å²) in [5.74, 6) is -2.61. The van der Waals surface area contributed by atoms with Gasteiger partial charge in [-0.25, -0.2) is 14.4 Å². The van der Waals surface area contributed by atoms with Gasteiger partial charge in [-0.3, -0.25) is 24.1 Å². The highest BCUT2D eigenvalue weighted by atomic mass is 16.6. The second kappa shape index (κ2) is 17.5. The Morgan fingerprint density at radius 1 is 0.483 bits per heavy atom. The van der Waals surface area contributed by atoms with Crippen LogP contribution >= 0.6 is 0 Å². The van der Waals surface area contributed by atoms with Crippen molar-refractivity contribution in [2.75, 3.05) is 20.3 Å². The summed E-state index contributed by atoms with van der Waals surface area (Å²) in [6.07, 6.45) is -1.40. The van der Waals surface area contributed by atoms with E-state index in [1.54, 1.807) is 86.6 Å². The van der Waals surface area contributed by atoms with Crippen molar-refractivity contribution in [2.45, 2.75) is 60.0 Å². The number of benzene rings is 5. The van der Waals surface area contributed by atoms with Crippen molar-refractivity contribution in [1.29, 1.82) is 0 Å². The van der Waals surface area contributed by atoms with Crippen LogP contribution in [0.4, 0.5) is 4.79 Å². The van der Waals surface area contributed by atoms with E-state index in [0.29, 0.717) is 77.9 Å².